The number of nitrogens with zero attached hydrogens (tertiary/aromatic N) is 2. The molecule has 1 N–H and O–H groups in total. The maximum atomic E-state index is 5.84. The molecule has 0 saturated carbocycles. The molecule has 0 spiro atoms. The fourth-order valence-corrected chi connectivity index (χ4v) is 2.86. The van der Waals surface area contributed by atoms with Crippen molar-refractivity contribution >= 4 is 0 Å². The lowest BCUT2D eigenvalue weighted by Crippen LogP contribution is -2.45. The molecule has 0 radical (unpaired) electrons. The monoisotopic (exact) mass is 291 g/mol. The third kappa shape index (κ3) is 6.02. The van der Waals surface area contributed by atoms with E-state index >= 15 is 0 Å². The second kappa shape index (κ2) is 8.35. The third-order valence-electron chi connectivity index (χ3n) is 3.88. The van der Waals surface area contributed by atoms with Crippen molar-refractivity contribution in [2.24, 2.45) is 5.92 Å². The van der Waals surface area contributed by atoms with Crippen LogP contribution in [0.1, 0.15) is 33.6 Å². The van der Waals surface area contributed by atoms with Gasteiger partial charge in [0.1, 0.15) is 11.9 Å². The Kier molecular flexibility index (Phi) is 6.46. The first-order valence-electron chi connectivity index (χ1n) is 8.16. The average Bonchev–Trinajstić information content (AvgIpc) is 2.47. The molecule has 118 valence electrons. The molecule has 1 aliphatic heterocycles. The van der Waals surface area contributed by atoms with Crippen LogP contribution in [-0.4, -0.2) is 48.2 Å². The molecule has 1 fully saturated rings. The van der Waals surface area contributed by atoms with Gasteiger partial charge in [0.05, 0.1) is 6.20 Å². The molecule has 1 atom stereocenters. The highest BCUT2D eigenvalue weighted by Gasteiger charge is 2.19. The second-order valence-corrected chi connectivity index (χ2v) is 6.49. The minimum absolute atomic E-state index is 0.169. The molecule has 1 aliphatic rings. The quantitative estimate of drug-likeness (QED) is 0.838. The second-order valence-electron chi connectivity index (χ2n) is 6.49. The predicted molar refractivity (Wildman–Crippen MR) is 86.6 cm³/mol. The Hall–Kier alpha value is -1.13. The van der Waals surface area contributed by atoms with Gasteiger partial charge in [-0.25, -0.2) is 0 Å². The summed E-state index contributed by atoms with van der Waals surface area (Å²) in [4.78, 5) is 6.65. The highest BCUT2D eigenvalue weighted by atomic mass is 16.5. The molecule has 1 aromatic rings. The van der Waals surface area contributed by atoms with E-state index in [1.165, 1.54) is 32.5 Å². The van der Waals surface area contributed by atoms with Crippen LogP contribution in [0, 0.1) is 5.92 Å². The van der Waals surface area contributed by atoms with E-state index in [1.807, 2.05) is 12.1 Å². The van der Waals surface area contributed by atoms with Gasteiger partial charge in [0.25, 0.3) is 0 Å². The number of ether oxygens (including phenoxy) is 1. The summed E-state index contributed by atoms with van der Waals surface area (Å²) in [6, 6.07) is 4.49. The summed E-state index contributed by atoms with van der Waals surface area (Å²) >= 11 is 0. The van der Waals surface area contributed by atoms with Gasteiger partial charge in [0, 0.05) is 25.3 Å². The summed E-state index contributed by atoms with van der Waals surface area (Å²) in [6.45, 7) is 11.2. The summed E-state index contributed by atoms with van der Waals surface area (Å²) < 4.78 is 5.84. The molecule has 0 amide bonds. The number of nitrogens with one attached hydrogen (secondary N) is 1. The Morgan fingerprint density at radius 3 is 2.71 bits per heavy atom. The van der Waals surface area contributed by atoms with Crippen molar-refractivity contribution in [3.63, 3.8) is 0 Å². The van der Waals surface area contributed by atoms with Gasteiger partial charge in [-0.1, -0.05) is 13.8 Å². The molecule has 0 bridgehead atoms. The number of hydrogen-bond acceptors (Lipinski definition) is 4. The van der Waals surface area contributed by atoms with Crippen LogP contribution in [0.5, 0.6) is 5.75 Å². The standard InChI is InChI=1S/C17H29N3O/c1-14(2)13-20-9-6-16(7-10-20)19-11-15(3)21-17-5-4-8-18-12-17/h4-5,8,12,14-16,19H,6-7,9-11,13H2,1-3H3/t15-/m1/s1. The van der Waals surface area contributed by atoms with Crippen molar-refractivity contribution in [1.29, 1.82) is 0 Å². The third-order valence-corrected chi connectivity index (χ3v) is 3.88. The van der Waals surface area contributed by atoms with Gasteiger partial charge in [0.2, 0.25) is 0 Å². The normalized spacial score (nSPS) is 18.9. The molecule has 2 heterocycles. The largest absolute Gasteiger partial charge is 0.488 e. The zero-order valence-electron chi connectivity index (χ0n) is 13.6. The first-order chi connectivity index (χ1) is 10.1. The van der Waals surface area contributed by atoms with Gasteiger partial charge in [-0.3, -0.25) is 4.98 Å². The van der Waals surface area contributed by atoms with Gasteiger partial charge in [-0.2, -0.15) is 0 Å². The van der Waals surface area contributed by atoms with E-state index in [4.69, 9.17) is 4.74 Å². The minimum Gasteiger partial charge on any atom is -0.488 e. The fourth-order valence-electron chi connectivity index (χ4n) is 2.86. The Labute approximate surface area is 128 Å². The van der Waals surface area contributed by atoms with Gasteiger partial charge in [0.15, 0.2) is 0 Å². The maximum Gasteiger partial charge on any atom is 0.138 e. The molecule has 21 heavy (non-hydrogen) atoms. The van der Waals surface area contributed by atoms with Crippen molar-refractivity contribution in [1.82, 2.24) is 15.2 Å². The maximum absolute atomic E-state index is 5.84. The van der Waals surface area contributed by atoms with E-state index in [1.54, 1.807) is 12.4 Å². The summed E-state index contributed by atoms with van der Waals surface area (Å²) in [6.07, 6.45) is 6.18. The Morgan fingerprint density at radius 2 is 2.10 bits per heavy atom. The lowest BCUT2D eigenvalue weighted by molar-refractivity contribution is 0.164. The van der Waals surface area contributed by atoms with Crippen LogP contribution < -0.4 is 10.1 Å². The smallest absolute Gasteiger partial charge is 0.138 e. The van der Waals surface area contributed by atoms with Crippen LogP contribution in [0.3, 0.4) is 0 Å². The van der Waals surface area contributed by atoms with E-state index in [9.17, 15) is 0 Å². The molecule has 0 aliphatic carbocycles. The van der Waals surface area contributed by atoms with Gasteiger partial charge in [-0.05, 0) is 50.9 Å². The minimum atomic E-state index is 0.169. The zero-order chi connectivity index (χ0) is 15.1. The van der Waals surface area contributed by atoms with Crippen LogP contribution in [0.4, 0.5) is 0 Å². The van der Waals surface area contributed by atoms with E-state index in [-0.39, 0.29) is 6.10 Å². The van der Waals surface area contributed by atoms with Crippen molar-refractivity contribution in [3.8, 4) is 5.75 Å². The summed E-state index contributed by atoms with van der Waals surface area (Å²) in [5.74, 6) is 1.61. The molecular formula is C17H29N3O. The van der Waals surface area contributed by atoms with Crippen LogP contribution in [0.2, 0.25) is 0 Å². The summed E-state index contributed by atoms with van der Waals surface area (Å²) in [7, 11) is 0. The summed E-state index contributed by atoms with van der Waals surface area (Å²) in [5, 5.41) is 3.64. The molecule has 0 aromatic carbocycles. The van der Waals surface area contributed by atoms with Crippen LogP contribution in [-0.2, 0) is 0 Å². The predicted octanol–water partition coefficient (Wildman–Crippen LogP) is 2.56. The Morgan fingerprint density at radius 1 is 1.33 bits per heavy atom. The topological polar surface area (TPSA) is 37.4 Å². The Bertz CT molecular complexity index is 388. The summed E-state index contributed by atoms with van der Waals surface area (Å²) in [5.41, 5.74) is 0. The molecule has 4 heteroatoms. The van der Waals surface area contributed by atoms with Gasteiger partial charge in [-0.15, -0.1) is 0 Å². The molecule has 1 saturated heterocycles. The lowest BCUT2D eigenvalue weighted by Gasteiger charge is -2.33. The van der Waals surface area contributed by atoms with Crippen molar-refractivity contribution < 1.29 is 4.74 Å². The van der Waals surface area contributed by atoms with E-state index in [0.29, 0.717) is 6.04 Å². The van der Waals surface area contributed by atoms with E-state index in [2.05, 4.69) is 36.0 Å². The van der Waals surface area contributed by atoms with E-state index < -0.39 is 0 Å². The fraction of sp³-hybridized carbons (Fsp3) is 0.706. The highest BCUT2D eigenvalue weighted by molar-refractivity contribution is 5.15. The van der Waals surface area contributed by atoms with Gasteiger partial charge >= 0.3 is 0 Å². The van der Waals surface area contributed by atoms with Crippen molar-refractivity contribution in [2.75, 3.05) is 26.2 Å². The molecule has 4 nitrogen and oxygen atoms in total. The first kappa shape index (κ1) is 16.2. The number of piperidine rings is 1. The number of pyridine rings is 1. The number of hydrogen-bond donors (Lipinski definition) is 1. The van der Waals surface area contributed by atoms with Crippen LogP contribution >= 0.6 is 0 Å². The van der Waals surface area contributed by atoms with Crippen molar-refractivity contribution in [2.45, 2.75) is 45.8 Å². The van der Waals surface area contributed by atoms with Crippen molar-refractivity contribution in [3.05, 3.63) is 24.5 Å². The SMILES string of the molecule is CC(C)CN1CCC(NC[C@@H](C)Oc2cccnc2)CC1. The lowest BCUT2D eigenvalue weighted by atomic mass is 10.0. The molecule has 2 rings (SSSR count). The molecular weight excluding hydrogens is 262 g/mol. The number of rotatable bonds is 7. The Balaban J connectivity index is 1.63. The first-order valence-corrected chi connectivity index (χ1v) is 8.16. The molecule has 0 unspecified atom stereocenters. The van der Waals surface area contributed by atoms with E-state index in [0.717, 1.165) is 18.2 Å². The van der Waals surface area contributed by atoms with Crippen LogP contribution in [0.15, 0.2) is 24.5 Å². The van der Waals surface area contributed by atoms with Gasteiger partial charge < -0.3 is 15.0 Å². The zero-order valence-corrected chi connectivity index (χ0v) is 13.6. The van der Waals surface area contributed by atoms with Crippen LogP contribution in [0.25, 0.3) is 0 Å². The molecule has 1 aromatic heterocycles. The number of likely N-dealkylation sites (tertiary alicyclic amines) is 1. The number of aromatic nitrogens is 1. The average molecular weight is 291 g/mol. The highest BCUT2D eigenvalue weighted by Crippen LogP contribution is 2.13.